The van der Waals surface area contributed by atoms with Crippen molar-refractivity contribution in [2.75, 3.05) is 25.4 Å². The maximum absolute atomic E-state index is 12.2. The standard InChI is InChI=1S/C15H23NO3S/c1-13-3-5-15(6-4-13)20(18,19)12-2-9-16-10-7-14(17)8-11-16/h3-6,14,17H,2,7-12H2,1H3. The lowest BCUT2D eigenvalue weighted by Crippen LogP contribution is -2.36. The molecule has 112 valence electrons. The molecule has 4 nitrogen and oxygen atoms in total. The first-order chi connectivity index (χ1) is 9.47. The molecule has 1 aromatic rings. The van der Waals surface area contributed by atoms with Crippen LogP contribution in [0.5, 0.6) is 0 Å². The Bertz CT molecular complexity index is 517. The second-order valence-corrected chi connectivity index (χ2v) is 7.67. The summed E-state index contributed by atoms with van der Waals surface area (Å²) in [6, 6.07) is 7.03. The molecule has 1 aliphatic rings. The molecule has 0 bridgehead atoms. The lowest BCUT2D eigenvalue weighted by molar-refractivity contribution is 0.0828. The van der Waals surface area contributed by atoms with Crippen molar-refractivity contribution in [1.82, 2.24) is 4.90 Å². The van der Waals surface area contributed by atoms with E-state index < -0.39 is 9.84 Å². The number of aliphatic hydroxyl groups is 1. The predicted octanol–water partition coefficient (Wildman–Crippen LogP) is 1.62. The molecule has 1 N–H and O–H groups in total. The number of hydrogen-bond acceptors (Lipinski definition) is 4. The number of nitrogens with zero attached hydrogens (tertiary/aromatic N) is 1. The van der Waals surface area contributed by atoms with E-state index in [1.807, 2.05) is 19.1 Å². The number of rotatable bonds is 5. The fourth-order valence-electron chi connectivity index (χ4n) is 2.48. The zero-order chi connectivity index (χ0) is 14.6. The number of aliphatic hydroxyl groups excluding tert-OH is 1. The average molecular weight is 297 g/mol. The molecule has 1 aromatic carbocycles. The van der Waals surface area contributed by atoms with Crippen LogP contribution in [0.4, 0.5) is 0 Å². The second kappa shape index (κ2) is 6.70. The zero-order valence-electron chi connectivity index (χ0n) is 12.0. The minimum Gasteiger partial charge on any atom is -0.393 e. The molecular weight excluding hydrogens is 274 g/mol. The fraction of sp³-hybridized carbons (Fsp3) is 0.600. The normalized spacial score (nSPS) is 18.3. The number of sulfone groups is 1. The van der Waals surface area contributed by atoms with Gasteiger partial charge in [0.05, 0.1) is 16.8 Å². The van der Waals surface area contributed by atoms with Crippen molar-refractivity contribution in [2.45, 2.75) is 37.2 Å². The molecule has 1 heterocycles. The molecule has 0 atom stereocenters. The number of benzene rings is 1. The predicted molar refractivity (Wildman–Crippen MR) is 79.5 cm³/mol. The highest BCUT2D eigenvalue weighted by Gasteiger charge is 2.18. The molecular formula is C15H23NO3S. The topological polar surface area (TPSA) is 57.6 Å². The van der Waals surface area contributed by atoms with Crippen molar-refractivity contribution in [3.8, 4) is 0 Å². The Morgan fingerprint density at radius 3 is 2.40 bits per heavy atom. The molecule has 1 aliphatic heterocycles. The Balaban J connectivity index is 1.82. The van der Waals surface area contributed by atoms with Gasteiger partial charge in [-0.15, -0.1) is 0 Å². The zero-order valence-corrected chi connectivity index (χ0v) is 12.8. The summed E-state index contributed by atoms with van der Waals surface area (Å²) in [5.74, 6) is 0.190. The highest BCUT2D eigenvalue weighted by Crippen LogP contribution is 2.14. The Kier molecular flexibility index (Phi) is 5.18. The van der Waals surface area contributed by atoms with E-state index in [1.54, 1.807) is 12.1 Å². The van der Waals surface area contributed by atoms with Crippen LogP contribution in [0.2, 0.25) is 0 Å². The molecule has 0 radical (unpaired) electrons. The molecule has 0 amide bonds. The molecule has 0 unspecified atom stereocenters. The van der Waals surface area contributed by atoms with E-state index >= 15 is 0 Å². The largest absolute Gasteiger partial charge is 0.393 e. The van der Waals surface area contributed by atoms with E-state index in [9.17, 15) is 13.5 Å². The Labute approximate surface area is 121 Å². The molecule has 0 aromatic heterocycles. The minimum absolute atomic E-state index is 0.178. The molecule has 1 saturated heterocycles. The molecule has 0 saturated carbocycles. The van der Waals surface area contributed by atoms with Crippen LogP contribution in [0.1, 0.15) is 24.8 Å². The summed E-state index contributed by atoms with van der Waals surface area (Å²) in [5, 5.41) is 9.43. The van der Waals surface area contributed by atoms with Crippen LogP contribution in [0, 0.1) is 6.92 Å². The van der Waals surface area contributed by atoms with E-state index in [-0.39, 0.29) is 11.9 Å². The van der Waals surface area contributed by atoms with E-state index in [0.29, 0.717) is 11.3 Å². The van der Waals surface area contributed by atoms with Gasteiger partial charge in [-0.1, -0.05) is 17.7 Å². The van der Waals surface area contributed by atoms with Gasteiger partial charge >= 0.3 is 0 Å². The lowest BCUT2D eigenvalue weighted by atomic mass is 10.1. The van der Waals surface area contributed by atoms with Crippen molar-refractivity contribution >= 4 is 9.84 Å². The fourth-order valence-corrected chi connectivity index (χ4v) is 3.78. The van der Waals surface area contributed by atoms with E-state index in [0.717, 1.165) is 38.0 Å². The van der Waals surface area contributed by atoms with Crippen LogP contribution >= 0.6 is 0 Å². The van der Waals surface area contributed by atoms with Gasteiger partial charge in [-0.25, -0.2) is 8.42 Å². The second-order valence-electron chi connectivity index (χ2n) is 5.56. The lowest BCUT2D eigenvalue weighted by Gasteiger charge is -2.29. The quantitative estimate of drug-likeness (QED) is 0.897. The van der Waals surface area contributed by atoms with Crippen LogP contribution in [0.25, 0.3) is 0 Å². The average Bonchev–Trinajstić information content (AvgIpc) is 2.41. The first-order valence-corrected chi connectivity index (χ1v) is 8.82. The Hall–Kier alpha value is -0.910. The van der Waals surface area contributed by atoms with Crippen molar-refractivity contribution < 1.29 is 13.5 Å². The van der Waals surface area contributed by atoms with Crippen LogP contribution < -0.4 is 0 Å². The summed E-state index contributed by atoms with van der Waals surface area (Å²) in [6.07, 6.45) is 2.06. The third-order valence-corrected chi connectivity index (χ3v) is 5.64. The van der Waals surface area contributed by atoms with Gasteiger partial charge in [-0.2, -0.15) is 0 Å². The van der Waals surface area contributed by atoms with Crippen LogP contribution in [0.15, 0.2) is 29.2 Å². The highest BCUT2D eigenvalue weighted by molar-refractivity contribution is 7.91. The number of hydrogen-bond donors (Lipinski definition) is 1. The van der Waals surface area contributed by atoms with Crippen molar-refractivity contribution in [3.63, 3.8) is 0 Å². The van der Waals surface area contributed by atoms with Gasteiger partial charge in [0.25, 0.3) is 0 Å². The van der Waals surface area contributed by atoms with Gasteiger partial charge in [0, 0.05) is 13.1 Å². The first kappa shape index (κ1) is 15.5. The SMILES string of the molecule is Cc1ccc(S(=O)(=O)CCCN2CCC(O)CC2)cc1. The number of piperidine rings is 1. The van der Waals surface area contributed by atoms with Crippen LogP contribution in [0.3, 0.4) is 0 Å². The molecule has 2 rings (SSSR count). The third kappa shape index (κ3) is 4.30. The highest BCUT2D eigenvalue weighted by atomic mass is 32.2. The maximum atomic E-state index is 12.2. The van der Waals surface area contributed by atoms with Gasteiger partial charge in [0.15, 0.2) is 9.84 Å². The summed E-state index contributed by atoms with van der Waals surface area (Å²) in [7, 11) is -3.16. The summed E-state index contributed by atoms with van der Waals surface area (Å²) >= 11 is 0. The summed E-state index contributed by atoms with van der Waals surface area (Å²) < 4.78 is 24.4. The summed E-state index contributed by atoms with van der Waals surface area (Å²) in [6.45, 7) is 4.47. The van der Waals surface area contributed by atoms with Gasteiger partial charge in [0.2, 0.25) is 0 Å². The summed E-state index contributed by atoms with van der Waals surface area (Å²) in [5.41, 5.74) is 1.07. The van der Waals surface area contributed by atoms with E-state index in [1.165, 1.54) is 0 Å². The third-order valence-electron chi connectivity index (χ3n) is 3.82. The molecule has 0 spiro atoms. The van der Waals surface area contributed by atoms with Crippen LogP contribution in [-0.4, -0.2) is 49.9 Å². The Morgan fingerprint density at radius 2 is 1.80 bits per heavy atom. The monoisotopic (exact) mass is 297 g/mol. The van der Waals surface area contributed by atoms with Gasteiger partial charge < -0.3 is 10.0 Å². The Morgan fingerprint density at radius 1 is 1.20 bits per heavy atom. The summed E-state index contributed by atoms with van der Waals surface area (Å²) in [4.78, 5) is 2.65. The first-order valence-electron chi connectivity index (χ1n) is 7.17. The van der Waals surface area contributed by atoms with Gasteiger partial charge in [-0.3, -0.25) is 0 Å². The molecule has 20 heavy (non-hydrogen) atoms. The van der Waals surface area contributed by atoms with Crippen molar-refractivity contribution in [1.29, 1.82) is 0 Å². The van der Waals surface area contributed by atoms with Gasteiger partial charge in [-0.05, 0) is 44.9 Å². The van der Waals surface area contributed by atoms with Crippen molar-refractivity contribution in [2.24, 2.45) is 0 Å². The maximum Gasteiger partial charge on any atom is 0.178 e. The molecule has 0 aliphatic carbocycles. The smallest absolute Gasteiger partial charge is 0.178 e. The minimum atomic E-state index is -3.16. The van der Waals surface area contributed by atoms with E-state index in [4.69, 9.17) is 0 Å². The number of likely N-dealkylation sites (tertiary alicyclic amines) is 1. The van der Waals surface area contributed by atoms with Crippen LogP contribution in [-0.2, 0) is 9.84 Å². The molecule has 5 heteroatoms. The van der Waals surface area contributed by atoms with Crippen molar-refractivity contribution in [3.05, 3.63) is 29.8 Å². The molecule has 1 fully saturated rings. The van der Waals surface area contributed by atoms with Gasteiger partial charge in [0.1, 0.15) is 0 Å². The van der Waals surface area contributed by atoms with E-state index in [2.05, 4.69) is 4.90 Å². The number of aryl methyl sites for hydroxylation is 1.